The van der Waals surface area contributed by atoms with E-state index in [0.29, 0.717) is 36.8 Å². The number of hydrogen-bond donors (Lipinski definition) is 1. The van der Waals surface area contributed by atoms with E-state index in [1.165, 1.54) is 6.07 Å². The van der Waals surface area contributed by atoms with Gasteiger partial charge in [0.1, 0.15) is 5.69 Å². The Morgan fingerprint density at radius 1 is 1.31 bits per heavy atom. The molecule has 11 heteroatoms. The molecule has 3 heterocycles. The molecule has 0 saturated carbocycles. The number of nitro groups is 1. The highest BCUT2D eigenvalue weighted by Crippen LogP contribution is 2.28. The van der Waals surface area contributed by atoms with Crippen molar-refractivity contribution >= 4 is 28.6 Å². The zero-order valence-corrected chi connectivity index (χ0v) is 18.5. The minimum absolute atomic E-state index is 0.0745. The van der Waals surface area contributed by atoms with Gasteiger partial charge in [0.15, 0.2) is 0 Å². The molecule has 0 unspecified atom stereocenters. The van der Waals surface area contributed by atoms with Crippen LogP contribution in [0, 0.1) is 17.0 Å². The minimum atomic E-state index is -0.552. The molecule has 4 rings (SSSR count). The molecule has 0 spiro atoms. The van der Waals surface area contributed by atoms with E-state index >= 15 is 0 Å². The molecule has 1 amide bonds. The smallest absolute Gasteiger partial charge is 0.293 e. The number of nitrogens with two attached hydrogens (primary N) is 1. The van der Waals surface area contributed by atoms with Crippen LogP contribution in [0.15, 0.2) is 34.2 Å². The van der Waals surface area contributed by atoms with E-state index in [0.717, 1.165) is 30.9 Å². The maximum atomic E-state index is 12.9. The second-order valence-electron chi connectivity index (χ2n) is 7.73. The maximum Gasteiger partial charge on any atom is 0.293 e. The van der Waals surface area contributed by atoms with Gasteiger partial charge in [-0.2, -0.15) is 4.98 Å². The monoisotopic (exact) mass is 456 g/mol. The molecule has 0 atom stereocenters. The number of hydrogen-bond acceptors (Lipinski definition) is 9. The summed E-state index contributed by atoms with van der Waals surface area (Å²) < 4.78 is 5.34. The van der Waals surface area contributed by atoms with Gasteiger partial charge < -0.3 is 15.2 Å². The van der Waals surface area contributed by atoms with Crippen LogP contribution in [0.5, 0.6) is 0 Å². The molecular weight excluding hydrogens is 432 g/mol. The number of rotatable bonds is 7. The largest absolute Gasteiger partial charge is 0.393 e. The highest BCUT2D eigenvalue weighted by Gasteiger charge is 2.27. The van der Waals surface area contributed by atoms with Crippen LogP contribution in [0.1, 0.15) is 28.2 Å². The average Bonchev–Trinajstić information content (AvgIpc) is 3.47. The predicted octanol–water partition coefficient (Wildman–Crippen LogP) is 2.99. The number of thiophene rings is 1. The number of nitrogen functional groups attached to an aromatic ring is 1. The van der Waals surface area contributed by atoms with E-state index < -0.39 is 4.92 Å². The number of carbonyl (C=O) groups excluding carboxylic acids is 1. The normalized spacial score (nSPS) is 14.6. The Bertz CT molecular complexity index is 1110. The Labute approximate surface area is 188 Å². The maximum absolute atomic E-state index is 12.9. The van der Waals surface area contributed by atoms with E-state index in [2.05, 4.69) is 15.0 Å². The van der Waals surface area contributed by atoms with Crippen LogP contribution in [0.25, 0.3) is 10.7 Å². The highest BCUT2D eigenvalue weighted by molar-refractivity contribution is 7.13. The number of benzene rings is 1. The molecule has 168 valence electrons. The van der Waals surface area contributed by atoms with Crippen molar-refractivity contribution < 1.29 is 14.2 Å². The molecule has 1 aromatic carbocycles. The summed E-state index contributed by atoms with van der Waals surface area (Å²) in [6.07, 6.45) is 1.57. The molecule has 1 aliphatic rings. The fourth-order valence-corrected chi connectivity index (χ4v) is 4.42. The lowest BCUT2D eigenvalue weighted by molar-refractivity contribution is -0.384. The third-order valence-corrected chi connectivity index (χ3v) is 6.33. The Morgan fingerprint density at radius 2 is 2.09 bits per heavy atom. The van der Waals surface area contributed by atoms with E-state index in [9.17, 15) is 14.9 Å². The van der Waals surface area contributed by atoms with Gasteiger partial charge in [-0.25, -0.2) is 0 Å². The number of carbonyl (C=O) groups is 1. The SMILES string of the molecule is Cc1cc(C(=O)N2CCN(CCCc3nc(-c4cccs4)no3)CC2)c(N)c([N+](=O)[O-])c1. The standard InChI is InChI=1S/C21H24N6O4S/c1-14-12-15(19(22)16(13-14)27(29)30)21(28)26-9-7-25(8-10-26)6-2-5-18-23-20(24-31-18)17-4-3-11-32-17/h3-4,11-13H,2,5-10,22H2,1H3. The fraction of sp³-hybridized carbons (Fsp3) is 0.381. The Hall–Kier alpha value is -3.31. The predicted molar refractivity (Wildman–Crippen MR) is 121 cm³/mol. The summed E-state index contributed by atoms with van der Waals surface area (Å²) in [5.74, 6) is 0.984. The van der Waals surface area contributed by atoms with Crippen LogP contribution in [0.4, 0.5) is 11.4 Å². The number of aromatic nitrogens is 2. The van der Waals surface area contributed by atoms with Gasteiger partial charge in [-0.05, 0) is 43.0 Å². The van der Waals surface area contributed by atoms with Crippen molar-refractivity contribution in [1.29, 1.82) is 0 Å². The third kappa shape index (κ3) is 4.78. The molecule has 0 aliphatic carbocycles. The highest BCUT2D eigenvalue weighted by atomic mass is 32.1. The molecule has 1 fully saturated rings. The van der Waals surface area contributed by atoms with E-state index in [1.54, 1.807) is 29.2 Å². The summed E-state index contributed by atoms with van der Waals surface area (Å²) in [7, 11) is 0. The van der Waals surface area contributed by atoms with Crippen LogP contribution in [-0.4, -0.2) is 63.5 Å². The van der Waals surface area contributed by atoms with Gasteiger partial charge in [0.25, 0.3) is 11.6 Å². The second kappa shape index (κ2) is 9.45. The first-order chi connectivity index (χ1) is 15.4. The number of anilines is 1. The lowest BCUT2D eigenvalue weighted by atomic mass is 10.1. The average molecular weight is 457 g/mol. The van der Waals surface area contributed by atoms with Crippen LogP contribution >= 0.6 is 11.3 Å². The fourth-order valence-electron chi connectivity index (χ4n) is 3.77. The zero-order valence-electron chi connectivity index (χ0n) is 17.7. The zero-order chi connectivity index (χ0) is 22.7. The second-order valence-corrected chi connectivity index (χ2v) is 8.68. The first kappa shape index (κ1) is 21.9. The molecule has 1 aliphatic heterocycles. The molecule has 0 radical (unpaired) electrons. The first-order valence-electron chi connectivity index (χ1n) is 10.3. The van der Waals surface area contributed by atoms with Crippen molar-refractivity contribution in [3.63, 3.8) is 0 Å². The minimum Gasteiger partial charge on any atom is -0.393 e. The van der Waals surface area contributed by atoms with Gasteiger partial charge in [0, 0.05) is 38.7 Å². The van der Waals surface area contributed by atoms with Crippen LogP contribution in [0.2, 0.25) is 0 Å². The Morgan fingerprint density at radius 3 is 2.78 bits per heavy atom. The molecule has 0 bridgehead atoms. The third-order valence-electron chi connectivity index (χ3n) is 5.46. The molecule has 2 N–H and O–H groups in total. The number of nitrogens with zero attached hydrogens (tertiary/aromatic N) is 5. The van der Waals surface area contributed by atoms with Crippen molar-refractivity contribution in [2.45, 2.75) is 19.8 Å². The number of nitro benzene ring substituents is 1. The quantitative estimate of drug-likeness (QED) is 0.326. The van der Waals surface area contributed by atoms with Gasteiger partial charge in [-0.3, -0.25) is 19.8 Å². The van der Waals surface area contributed by atoms with Crippen molar-refractivity contribution in [3.8, 4) is 10.7 Å². The van der Waals surface area contributed by atoms with Crippen LogP contribution in [-0.2, 0) is 6.42 Å². The number of piperazine rings is 1. The molecule has 3 aromatic rings. The van der Waals surface area contributed by atoms with Crippen molar-refractivity contribution in [3.05, 3.63) is 56.8 Å². The van der Waals surface area contributed by atoms with Gasteiger partial charge in [-0.1, -0.05) is 11.2 Å². The van der Waals surface area contributed by atoms with Crippen molar-refractivity contribution in [2.24, 2.45) is 0 Å². The number of aryl methyl sites for hydroxylation is 2. The van der Waals surface area contributed by atoms with Gasteiger partial charge in [0.2, 0.25) is 11.7 Å². The molecule has 32 heavy (non-hydrogen) atoms. The summed E-state index contributed by atoms with van der Waals surface area (Å²) >= 11 is 1.57. The molecule has 1 saturated heterocycles. The van der Waals surface area contributed by atoms with Crippen LogP contribution < -0.4 is 5.73 Å². The molecular formula is C21H24N6O4S. The lowest BCUT2D eigenvalue weighted by Gasteiger charge is -2.34. The van der Waals surface area contributed by atoms with Gasteiger partial charge in [-0.15, -0.1) is 11.3 Å². The number of amides is 1. The Balaban J connectivity index is 1.27. The van der Waals surface area contributed by atoms with Gasteiger partial charge in [0.05, 0.1) is 15.4 Å². The summed E-state index contributed by atoms with van der Waals surface area (Å²) in [5.41, 5.74) is 6.45. The van der Waals surface area contributed by atoms with E-state index in [1.807, 2.05) is 17.5 Å². The summed E-state index contributed by atoms with van der Waals surface area (Å²) in [6.45, 7) is 5.12. The van der Waals surface area contributed by atoms with E-state index in [-0.39, 0.29) is 22.8 Å². The topological polar surface area (TPSA) is 132 Å². The lowest BCUT2D eigenvalue weighted by Crippen LogP contribution is -2.49. The van der Waals surface area contributed by atoms with Crippen molar-refractivity contribution in [1.82, 2.24) is 19.9 Å². The van der Waals surface area contributed by atoms with E-state index in [4.69, 9.17) is 10.3 Å². The van der Waals surface area contributed by atoms with Crippen LogP contribution in [0.3, 0.4) is 0 Å². The first-order valence-corrected chi connectivity index (χ1v) is 11.2. The Kier molecular flexibility index (Phi) is 6.47. The van der Waals surface area contributed by atoms with Gasteiger partial charge >= 0.3 is 0 Å². The summed E-state index contributed by atoms with van der Waals surface area (Å²) in [4.78, 5) is 33.0. The summed E-state index contributed by atoms with van der Waals surface area (Å²) in [5, 5.41) is 17.2. The van der Waals surface area contributed by atoms with Crippen molar-refractivity contribution in [2.75, 3.05) is 38.5 Å². The molecule has 10 nitrogen and oxygen atoms in total. The molecule has 2 aromatic heterocycles. The summed E-state index contributed by atoms with van der Waals surface area (Å²) in [6, 6.07) is 6.92.